The molecule has 82 valence electrons. The molecule has 0 spiro atoms. The van der Waals surface area contributed by atoms with E-state index in [4.69, 9.17) is 23.2 Å². The monoisotopic (exact) mass is 249 g/mol. The zero-order valence-corrected chi connectivity index (χ0v) is 9.41. The van der Waals surface area contributed by atoms with Crippen molar-refractivity contribution < 1.29 is 9.18 Å². The molecule has 0 radical (unpaired) electrons. The lowest BCUT2D eigenvalue weighted by atomic mass is 10.1. The lowest BCUT2D eigenvalue weighted by Crippen LogP contribution is -2.27. The van der Waals surface area contributed by atoms with Gasteiger partial charge in [0.2, 0.25) is 5.91 Å². The molecule has 1 amide bonds. The maximum Gasteiger partial charge on any atom is 0.224 e. The Hall–Kier alpha value is -0.800. The van der Waals surface area contributed by atoms with E-state index in [1.807, 2.05) is 0 Å². The Morgan fingerprint density at radius 2 is 2.20 bits per heavy atom. The van der Waals surface area contributed by atoms with Crippen LogP contribution in [0.3, 0.4) is 0 Å². The molecule has 1 rings (SSSR count). The van der Waals surface area contributed by atoms with Crippen molar-refractivity contribution in [1.29, 1.82) is 0 Å². The molecule has 0 aliphatic rings. The standard InChI is InChI=1S/C10H10Cl2FNO/c11-4-5-14-10(15)6-7-8(12)2-1-3-9(7)13/h1-3H,4-6H2,(H,14,15). The van der Waals surface area contributed by atoms with E-state index >= 15 is 0 Å². The van der Waals surface area contributed by atoms with Crippen molar-refractivity contribution in [3.05, 3.63) is 34.6 Å². The van der Waals surface area contributed by atoms with Crippen LogP contribution in [-0.4, -0.2) is 18.3 Å². The first-order valence-corrected chi connectivity index (χ1v) is 5.32. The summed E-state index contributed by atoms with van der Waals surface area (Å²) in [6.45, 7) is 0.368. The van der Waals surface area contributed by atoms with Crippen LogP contribution in [0.1, 0.15) is 5.56 Å². The van der Waals surface area contributed by atoms with E-state index in [0.29, 0.717) is 12.4 Å². The second kappa shape index (κ2) is 5.93. The zero-order chi connectivity index (χ0) is 11.3. The lowest BCUT2D eigenvalue weighted by molar-refractivity contribution is -0.120. The van der Waals surface area contributed by atoms with Crippen molar-refractivity contribution in [2.24, 2.45) is 0 Å². The first-order valence-electron chi connectivity index (χ1n) is 4.40. The minimum atomic E-state index is -0.469. The maximum absolute atomic E-state index is 13.2. The Morgan fingerprint density at radius 1 is 1.47 bits per heavy atom. The van der Waals surface area contributed by atoms with Crippen LogP contribution in [0, 0.1) is 5.82 Å². The third-order valence-corrected chi connectivity index (χ3v) is 2.36. The Kier molecular flexibility index (Phi) is 4.85. The molecule has 0 aliphatic carbocycles. The summed E-state index contributed by atoms with van der Waals surface area (Å²) in [4.78, 5) is 11.3. The third-order valence-electron chi connectivity index (χ3n) is 1.82. The molecule has 5 heteroatoms. The largest absolute Gasteiger partial charge is 0.355 e. The first-order chi connectivity index (χ1) is 7.15. The molecule has 0 unspecified atom stereocenters. The maximum atomic E-state index is 13.2. The Bertz CT molecular complexity index is 337. The van der Waals surface area contributed by atoms with Crippen LogP contribution in [0.2, 0.25) is 5.02 Å². The van der Waals surface area contributed by atoms with E-state index in [1.165, 1.54) is 12.1 Å². The van der Waals surface area contributed by atoms with Gasteiger partial charge in [0.05, 0.1) is 6.42 Å². The Morgan fingerprint density at radius 3 is 2.80 bits per heavy atom. The van der Waals surface area contributed by atoms with Crippen LogP contribution >= 0.6 is 23.2 Å². The number of benzene rings is 1. The van der Waals surface area contributed by atoms with Gasteiger partial charge in [0.1, 0.15) is 5.82 Å². The molecule has 0 aliphatic heterocycles. The van der Waals surface area contributed by atoms with Crippen molar-refractivity contribution in [2.45, 2.75) is 6.42 Å². The molecule has 0 saturated carbocycles. The minimum absolute atomic E-state index is 0.0671. The topological polar surface area (TPSA) is 29.1 Å². The molecule has 2 nitrogen and oxygen atoms in total. The number of amides is 1. The molecular weight excluding hydrogens is 240 g/mol. The van der Waals surface area contributed by atoms with E-state index in [-0.39, 0.29) is 22.9 Å². The van der Waals surface area contributed by atoms with Gasteiger partial charge in [-0.15, -0.1) is 11.6 Å². The van der Waals surface area contributed by atoms with Crippen LogP contribution in [0.15, 0.2) is 18.2 Å². The smallest absolute Gasteiger partial charge is 0.224 e. The molecule has 0 heterocycles. The number of hydrogen-bond acceptors (Lipinski definition) is 1. The van der Waals surface area contributed by atoms with Crippen molar-refractivity contribution >= 4 is 29.1 Å². The van der Waals surface area contributed by atoms with Crippen molar-refractivity contribution in [1.82, 2.24) is 5.32 Å². The van der Waals surface area contributed by atoms with E-state index < -0.39 is 5.82 Å². The third kappa shape index (κ3) is 3.68. The fourth-order valence-corrected chi connectivity index (χ4v) is 1.44. The predicted molar refractivity (Wildman–Crippen MR) is 58.8 cm³/mol. The number of carbonyl (C=O) groups is 1. The quantitative estimate of drug-likeness (QED) is 0.816. The second-order valence-electron chi connectivity index (χ2n) is 2.92. The summed E-state index contributed by atoms with van der Waals surface area (Å²) < 4.78 is 13.2. The number of alkyl halides is 1. The van der Waals surface area contributed by atoms with Gasteiger partial charge in [0, 0.05) is 23.0 Å². The van der Waals surface area contributed by atoms with Crippen LogP contribution in [0.4, 0.5) is 4.39 Å². The predicted octanol–water partition coefficient (Wildman–Crippen LogP) is 2.38. The van der Waals surface area contributed by atoms with Gasteiger partial charge in [-0.3, -0.25) is 4.79 Å². The van der Waals surface area contributed by atoms with Crippen molar-refractivity contribution in [2.75, 3.05) is 12.4 Å². The number of halogens is 3. The van der Waals surface area contributed by atoms with Crippen molar-refractivity contribution in [3.8, 4) is 0 Å². The van der Waals surface area contributed by atoms with Gasteiger partial charge in [-0.2, -0.15) is 0 Å². The Labute approximate surface area is 97.4 Å². The highest BCUT2D eigenvalue weighted by atomic mass is 35.5. The van der Waals surface area contributed by atoms with Crippen molar-refractivity contribution in [3.63, 3.8) is 0 Å². The van der Waals surface area contributed by atoms with E-state index in [2.05, 4.69) is 5.32 Å². The minimum Gasteiger partial charge on any atom is -0.355 e. The SMILES string of the molecule is O=C(Cc1c(F)cccc1Cl)NCCCl. The van der Waals surface area contributed by atoms with Gasteiger partial charge in [-0.1, -0.05) is 17.7 Å². The molecule has 0 bridgehead atoms. The number of carbonyl (C=O) groups excluding carboxylic acids is 1. The summed E-state index contributed by atoms with van der Waals surface area (Å²) in [6.07, 6.45) is -0.0671. The highest BCUT2D eigenvalue weighted by molar-refractivity contribution is 6.31. The first kappa shape index (κ1) is 12.3. The number of rotatable bonds is 4. The zero-order valence-electron chi connectivity index (χ0n) is 7.90. The summed E-state index contributed by atoms with van der Waals surface area (Å²) in [5.74, 6) is -0.428. The molecule has 1 N–H and O–H groups in total. The van der Waals surface area contributed by atoms with Gasteiger partial charge in [-0.25, -0.2) is 4.39 Å². The molecular formula is C10H10Cl2FNO. The van der Waals surface area contributed by atoms with Crippen LogP contribution in [0.25, 0.3) is 0 Å². The van der Waals surface area contributed by atoms with E-state index in [1.54, 1.807) is 6.07 Å². The fourth-order valence-electron chi connectivity index (χ4n) is 1.11. The second-order valence-corrected chi connectivity index (χ2v) is 3.70. The molecule has 0 atom stereocenters. The van der Waals surface area contributed by atoms with Gasteiger partial charge in [0.15, 0.2) is 0 Å². The molecule has 0 fully saturated rings. The summed E-state index contributed by atoms with van der Waals surface area (Å²) in [5.41, 5.74) is 0.214. The average molecular weight is 250 g/mol. The summed E-state index contributed by atoms with van der Waals surface area (Å²) in [7, 11) is 0. The van der Waals surface area contributed by atoms with E-state index in [9.17, 15) is 9.18 Å². The summed E-state index contributed by atoms with van der Waals surface area (Å²) >= 11 is 11.2. The van der Waals surface area contributed by atoms with Gasteiger partial charge < -0.3 is 5.32 Å². The number of hydrogen-bond donors (Lipinski definition) is 1. The normalized spacial score (nSPS) is 10.1. The van der Waals surface area contributed by atoms with E-state index in [0.717, 1.165) is 0 Å². The van der Waals surface area contributed by atoms with Gasteiger partial charge >= 0.3 is 0 Å². The molecule has 0 saturated heterocycles. The molecule has 1 aromatic carbocycles. The molecule has 0 aromatic heterocycles. The molecule has 15 heavy (non-hydrogen) atoms. The van der Waals surface area contributed by atoms with Gasteiger partial charge in [-0.05, 0) is 12.1 Å². The van der Waals surface area contributed by atoms with Gasteiger partial charge in [0.25, 0.3) is 0 Å². The van der Waals surface area contributed by atoms with Crippen LogP contribution in [0.5, 0.6) is 0 Å². The average Bonchev–Trinajstić information content (AvgIpc) is 2.21. The molecule has 1 aromatic rings. The Balaban J connectivity index is 2.68. The summed E-state index contributed by atoms with van der Waals surface area (Å²) in [6, 6.07) is 4.32. The summed E-state index contributed by atoms with van der Waals surface area (Å²) in [5, 5.41) is 2.80. The highest BCUT2D eigenvalue weighted by Gasteiger charge is 2.10. The highest BCUT2D eigenvalue weighted by Crippen LogP contribution is 2.19. The lowest BCUT2D eigenvalue weighted by Gasteiger charge is -2.05. The fraction of sp³-hybridized carbons (Fsp3) is 0.300. The number of nitrogens with one attached hydrogen (secondary N) is 1. The van der Waals surface area contributed by atoms with Crippen LogP contribution in [-0.2, 0) is 11.2 Å². The van der Waals surface area contributed by atoms with Crippen LogP contribution < -0.4 is 5.32 Å².